The average molecular weight is 349 g/mol. The van der Waals surface area contributed by atoms with Gasteiger partial charge in [0.1, 0.15) is 11.9 Å². The van der Waals surface area contributed by atoms with Gasteiger partial charge in [0.15, 0.2) is 0 Å². The lowest BCUT2D eigenvalue weighted by molar-refractivity contribution is -0.141. The van der Waals surface area contributed by atoms with Crippen LogP contribution in [0.4, 0.5) is 4.39 Å². The minimum atomic E-state index is -1.03. The zero-order chi connectivity index (χ0) is 17.3. The smallest absolute Gasteiger partial charge is 0.326 e. The van der Waals surface area contributed by atoms with Gasteiger partial charge in [-0.15, -0.1) is 11.3 Å². The highest BCUT2D eigenvalue weighted by molar-refractivity contribution is 7.17. The third-order valence-electron chi connectivity index (χ3n) is 4.09. The molecule has 1 aliphatic heterocycles. The van der Waals surface area contributed by atoms with Gasteiger partial charge < -0.3 is 14.7 Å². The summed E-state index contributed by atoms with van der Waals surface area (Å²) in [5.74, 6) is -1.67. The van der Waals surface area contributed by atoms with Gasteiger partial charge in [-0.1, -0.05) is 12.1 Å². The average Bonchev–Trinajstić information content (AvgIpc) is 3.22. The number of aliphatic carboxylic acids is 1. The fraction of sp³-hybridized carbons (Fsp3) is 0.294. The molecule has 1 saturated heterocycles. The van der Waals surface area contributed by atoms with Crippen molar-refractivity contribution in [2.45, 2.75) is 18.6 Å². The van der Waals surface area contributed by atoms with Crippen LogP contribution in [0.3, 0.4) is 0 Å². The Hall–Kier alpha value is -2.25. The van der Waals surface area contributed by atoms with E-state index in [1.165, 1.54) is 35.5 Å². The number of ether oxygens (including phenoxy) is 1. The monoisotopic (exact) mass is 349 g/mol. The van der Waals surface area contributed by atoms with Gasteiger partial charge in [-0.05, 0) is 29.8 Å². The SMILES string of the molecule is COC1CC(C(=O)O)N(C(=O)c2ccc(-c3ccc(F)cc3)s2)C1. The van der Waals surface area contributed by atoms with Crippen LogP contribution < -0.4 is 0 Å². The van der Waals surface area contributed by atoms with Crippen molar-refractivity contribution in [2.24, 2.45) is 0 Å². The number of halogens is 1. The van der Waals surface area contributed by atoms with Crippen molar-refractivity contribution in [3.63, 3.8) is 0 Å². The highest BCUT2D eigenvalue weighted by Gasteiger charge is 2.40. The normalized spacial score (nSPS) is 20.3. The first-order chi connectivity index (χ1) is 11.5. The zero-order valence-corrected chi connectivity index (χ0v) is 13.8. The number of hydrogen-bond donors (Lipinski definition) is 1. The molecular formula is C17H16FNO4S. The van der Waals surface area contributed by atoms with E-state index in [2.05, 4.69) is 0 Å². The Morgan fingerprint density at radius 2 is 1.96 bits per heavy atom. The van der Waals surface area contributed by atoms with E-state index < -0.39 is 12.0 Å². The number of amides is 1. The summed E-state index contributed by atoms with van der Waals surface area (Å²) in [5, 5.41) is 9.32. The van der Waals surface area contributed by atoms with Gasteiger partial charge in [0.25, 0.3) is 5.91 Å². The van der Waals surface area contributed by atoms with Crippen molar-refractivity contribution in [3.05, 3.63) is 47.1 Å². The minimum absolute atomic E-state index is 0.260. The molecule has 1 aliphatic rings. The highest BCUT2D eigenvalue weighted by atomic mass is 32.1. The first-order valence-electron chi connectivity index (χ1n) is 7.42. The van der Waals surface area contributed by atoms with Crippen molar-refractivity contribution in [1.82, 2.24) is 4.90 Å². The molecule has 2 heterocycles. The van der Waals surface area contributed by atoms with E-state index in [-0.39, 0.29) is 30.8 Å². The maximum Gasteiger partial charge on any atom is 0.326 e. The van der Waals surface area contributed by atoms with Crippen LogP contribution >= 0.6 is 11.3 Å². The molecule has 3 rings (SSSR count). The molecule has 0 aliphatic carbocycles. The molecule has 1 N–H and O–H groups in total. The van der Waals surface area contributed by atoms with Crippen LogP contribution in [0, 0.1) is 5.82 Å². The van der Waals surface area contributed by atoms with Gasteiger partial charge in [0, 0.05) is 25.0 Å². The molecule has 0 saturated carbocycles. The predicted molar refractivity (Wildman–Crippen MR) is 87.6 cm³/mol. The van der Waals surface area contributed by atoms with Crippen LogP contribution in [0.5, 0.6) is 0 Å². The second kappa shape index (κ2) is 6.70. The number of carbonyl (C=O) groups excluding carboxylic acids is 1. The van der Waals surface area contributed by atoms with E-state index in [0.717, 1.165) is 10.4 Å². The largest absolute Gasteiger partial charge is 0.480 e. The lowest BCUT2D eigenvalue weighted by atomic mass is 10.2. The third-order valence-corrected chi connectivity index (χ3v) is 5.21. The Kier molecular flexibility index (Phi) is 4.64. The van der Waals surface area contributed by atoms with E-state index in [0.29, 0.717) is 4.88 Å². The molecule has 24 heavy (non-hydrogen) atoms. The van der Waals surface area contributed by atoms with E-state index in [4.69, 9.17) is 4.74 Å². The number of nitrogens with zero attached hydrogens (tertiary/aromatic N) is 1. The van der Waals surface area contributed by atoms with Crippen molar-refractivity contribution in [1.29, 1.82) is 0 Å². The van der Waals surface area contributed by atoms with Gasteiger partial charge >= 0.3 is 5.97 Å². The van der Waals surface area contributed by atoms with Crippen LogP contribution in [0.25, 0.3) is 10.4 Å². The Labute approximate surface area is 142 Å². The van der Waals surface area contributed by atoms with Crippen molar-refractivity contribution in [2.75, 3.05) is 13.7 Å². The molecule has 1 amide bonds. The van der Waals surface area contributed by atoms with Crippen LogP contribution in [-0.4, -0.2) is 47.7 Å². The number of carbonyl (C=O) groups is 2. The Morgan fingerprint density at radius 3 is 2.58 bits per heavy atom. The number of carboxylic acid groups (broad SMARTS) is 1. The summed E-state index contributed by atoms with van der Waals surface area (Å²) >= 11 is 1.26. The first-order valence-corrected chi connectivity index (χ1v) is 8.23. The lowest BCUT2D eigenvalue weighted by Crippen LogP contribution is -2.40. The van der Waals surface area contributed by atoms with E-state index in [9.17, 15) is 19.1 Å². The molecule has 0 radical (unpaired) electrons. The quantitative estimate of drug-likeness (QED) is 0.922. The van der Waals surface area contributed by atoms with Crippen LogP contribution in [0.15, 0.2) is 36.4 Å². The summed E-state index contributed by atoms with van der Waals surface area (Å²) in [6, 6.07) is 8.59. The number of carboxylic acids is 1. The van der Waals surface area contributed by atoms with E-state index in [1.807, 2.05) is 0 Å². The molecule has 2 aromatic rings. The predicted octanol–water partition coefficient (Wildman–Crippen LogP) is 2.87. The van der Waals surface area contributed by atoms with Crippen molar-refractivity contribution in [3.8, 4) is 10.4 Å². The summed E-state index contributed by atoms with van der Waals surface area (Å²) in [6.45, 7) is 0.260. The van der Waals surface area contributed by atoms with Crippen LogP contribution in [-0.2, 0) is 9.53 Å². The Balaban J connectivity index is 1.82. The maximum atomic E-state index is 13.0. The molecule has 1 fully saturated rings. The number of thiophene rings is 1. The first kappa shape index (κ1) is 16.6. The summed E-state index contributed by atoms with van der Waals surface area (Å²) in [7, 11) is 1.51. The number of benzene rings is 1. The van der Waals surface area contributed by atoms with Crippen LogP contribution in [0.2, 0.25) is 0 Å². The second-order valence-electron chi connectivity index (χ2n) is 5.58. The highest BCUT2D eigenvalue weighted by Crippen LogP contribution is 2.31. The summed E-state index contributed by atoms with van der Waals surface area (Å²) in [5.41, 5.74) is 0.812. The van der Waals surface area contributed by atoms with Gasteiger partial charge in [0.2, 0.25) is 0 Å². The minimum Gasteiger partial charge on any atom is -0.480 e. The molecule has 0 spiro atoms. The maximum absolute atomic E-state index is 13.0. The summed E-state index contributed by atoms with van der Waals surface area (Å²) < 4.78 is 18.2. The Bertz CT molecular complexity index is 758. The number of hydrogen-bond acceptors (Lipinski definition) is 4. The molecule has 2 atom stereocenters. The third kappa shape index (κ3) is 3.18. The van der Waals surface area contributed by atoms with Gasteiger partial charge in [-0.3, -0.25) is 4.79 Å². The topological polar surface area (TPSA) is 66.8 Å². The van der Waals surface area contributed by atoms with Crippen LogP contribution in [0.1, 0.15) is 16.1 Å². The Morgan fingerprint density at radius 1 is 1.25 bits per heavy atom. The van der Waals surface area contributed by atoms with Crippen molar-refractivity contribution >= 4 is 23.2 Å². The molecule has 5 nitrogen and oxygen atoms in total. The molecule has 0 bridgehead atoms. The molecule has 126 valence electrons. The zero-order valence-electron chi connectivity index (χ0n) is 12.9. The second-order valence-corrected chi connectivity index (χ2v) is 6.66. The van der Waals surface area contributed by atoms with Gasteiger partial charge in [0.05, 0.1) is 11.0 Å². The summed E-state index contributed by atoms with van der Waals surface area (Å²) in [6.07, 6.45) is 0.0138. The van der Waals surface area contributed by atoms with Crippen molar-refractivity contribution < 1.29 is 23.8 Å². The summed E-state index contributed by atoms with van der Waals surface area (Å²) in [4.78, 5) is 26.7. The van der Waals surface area contributed by atoms with E-state index >= 15 is 0 Å². The standard InChI is InChI=1S/C17H16FNO4S/c1-23-12-8-13(17(21)22)19(9-12)16(20)15-7-6-14(24-15)10-2-4-11(18)5-3-10/h2-7,12-13H,8-9H2,1H3,(H,21,22). The molecular weight excluding hydrogens is 333 g/mol. The molecule has 7 heteroatoms. The van der Waals surface area contributed by atoms with Gasteiger partial charge in [-0.2, -0.15) is 0 Å². The molecule has 2 unspecified atom stereocenters. The number of likely N-dealkylation sites (tertiary alicyclic amines) is 1. The fourth-order valence-corrected chi connectivity index (χ4v) is 3.76. The fourth-order valence-electron chi connectivity index (χ4n) is 2.79. The van der Waals surface area contributed by atoms with E-state index in [1.54, 1.807) is 24.3 Å². The molecule has 1 aromatic heterocycles. The lowest BCUT2D eigenvalue weighted by Gasteiger charge is -2.20. The number of rotatable bonds is 4. The van der Waals surface area contributed by atoms with Gasteiger partial charge in [-0.25, -0.2) is 9.18 Å². The number of methoxy groups -OCH3 is 1. The molecule has 1 aromatic carbocycles.